The molecule has 0 aromatic heterocycles. The van der Waals surface area contributed by atoms with Gasteiger partial charge in [0.15, 0.2) is 6.10 Å². The van der Waals surface area contributed by atoms with Gasteiger partial charge in [-0.1, -0.05) is 0 Å². The van der Waals surface area contributed by atoms with E-state index in [1.807, 2.05) is 0 Å². The first-order valence-corrected chi connectivity index (χ1v) is 3.01. The van der Waals surface area contributed by atoms with Gasteiger partial charge in [0.1, 0.15) is 0 Å². The van der Waals surface area contributed by atoms with Gasteiger partial charge in [-0.05, 0) is 6.08 Å². The Hall–Kier alpha value is -0.900. The lowest BCUT2D eigenvalue weighted by Crippen LogP contribution is -2.22. The van der Waals surface area contributed by atoms with Crippen LogP contribution in [0.2, 0.25) is 0 Å². The fourth-order valence-corrected chi connectivity index (χ4v) is 0.708. The molecule has 0 unspecified atom stereocenters. The van der Waals surface area contributed by atoms with E-state index in [4.69, 9.17) is 0 Å². The van der Waals surface area contributed by atoms with Gasteiger partial charge in [0.05, 0.1) is 18.6 Å². The lowest BCUT2D eigenvalue weighted by molar-refractivity contribution is -0.332. The van der Waals surface area contributed by atoms with Crippen molar-refractivity contribution in [3.05, 3.63) is 30.7 Å². The van der Waals surface area contributed by atoms with Crippen LogP contribution in [0.3, 0.4) is 0 Å². The minimum Gasteiger partial charge on any atom is -0.261 e. The zero-order chi connectivity index (χ0) is 8.32. The Morgan fingerprint density at radius 1 is 1.27 bits per heavy atom. The second kappa shape index (κ2) is 3.00. The van der Waals surface area contributed by atoms with Crippen LogP contribution in [-0.2, 0) is 4.74 Å². The third-order valence-corrected chi connectivity index (χ3v) is 1.09. The van der Waals surface area contributed by atoms with E-state index < -0.39 is 12.5 Å². The molecule has 4 heteroatoms. The van der Waals surface area contributed by atoms with E-state index in [1.165, 1.54) is 24.6 Å². The maximum atomic E-state index is 11.5. The molecule has 0 bridgehead atoms. The highest BCUT2D eigenvalue weighted by molar-refractivity contribution is 5.20. The van der Waals surface area contributed by atoms with Crippen molar-refractivity contribution < 1.29 is 17.9 Å². The SMILES string of the molecule is FC(F)(F)O[C@H]1C=CC=C[CH+]1. The zero-order valence-electron chi connectivity index (χ0n) is 5.51. The summed E-state index contributed by atoms with van der Waals surface area (Å²) in [5, 5.41) is 0. The molecular formula is C7H6F3O+. The lowest BCUT2D eigenvalue weighted by atomic mass is 10.1. The summed E-state index contributed by atoms with van der Waals surface area (Å²) in [7, 11) is 0. The molecule has 11 heavy (non-hydrogen) atoms. The van der Waals surface area contributed by atoms with Crippen molar-refractivity contribution in [2.45, 2.75) is 12.5 Å². The summed E-state index contributed by atoms with van der Waals surface area (Å²) in [6, 6.07) is 0. The topological polar surface area (TPSA) is 9.23 Å². The van der Waals surface area contributed by atoms with Gasteiger partial charge in [0, 0.05) is 6.08 Å². The fourth-order valence-electron chi connectivity index (χ4n) is 0.708. The molecule has 1 rings (SSSR count). The van der Waals surface area contributed by atoms with Crippen molar-refractivity contribution in [2.75, 3.05) is 0 Å². The van der Waals surface area contributed by atoms with Crippen molar-refractivity contribution in [1.82, 2.24) is 0 Å². The quantitative estimate of drug-likeness (QED) is 0.538. The van der Waals surface area contributed by atoms with E-state index in [-0.39, 0.29) is 0 Å². The van der Waals surface area contributed by atoms with Gasteiger partial charge in [-0.15, -0.1) is 13.2 Å². The Balaban J connectivity index is 2.39. The molecule has 1 nitrogen and oxygen atoms in total. The number of allylic oxidation sites excluding steroid dienone is 2. The minimum atomic E-state index is -4.56. The fraction of sp³-hybridized carbons (Fsp3) is 0.286. The molecule has 0 saturated heterocycles. The number of halogens is 3. The minimum absolute atomic E-state index is 0.972. The van der Waals surface area contributed by atoms with Gasteiger partial charge in [-0.25, -0.2) is 0 Å². The largest absolute Gasteiger partial charge is 0.524 e. The van der Waals surface area contributed by atoms with Crippen LogP contribution in [0, 0.1) is 6.42 Å². The standard InChI is InChI=1S/C7H6F3O/c8-7(9,10)11-6-4-2-1-3-5-6/h1-6H/q+1. The molecule has 0 spiro atoms. The van der Waals surface area contributed by atoms with E-state index in [0.717, 1.165) is 0 Å². The molecule has 1 aliphatic rings. The summed E-state index contributed by atoms with van der Waals surface area (Å²) in [5.41, 5.74) is 0. The maximum absolute atomic E-state index is 11.5. The van der Waals surface area contributed by atoms with Crippen LogP contribution in [-0.4, -0.2) is 12.5 Å². The first kappa shape index (κ1) is 8.20. The van der Waals surface area contributed by atoms with Crippen LogP contribution in [0.1, 0.15) is 0 Å². The van der Waals surface area contributed by atoms with Crippen LogP contribution < -0.4 is 0 Å². The molecule has 0 fully saturated rings. The number of rotatable bonds is 1. The second-order valence-corrected chi connectivity index (χ2v) is 1.99. The molecule has 0 aromatic rings. The lowest BCUT2D eigenvalue weighted by Gasteiger charge is -2.11. The molecule has 0 saturated carbocycles. The summed E-state index contributed by atoms with van der Waals surface area (Å²) in [6.45, 7) is 0. The monoisotopic (exact) mass is 163 g/mol. The van der Waals surface area contributed by atoms with E-state index >= 15 is 0 Å². The van der Waals surface area contributed by atoms with Crippen molar-refractivity contribution in [1.29, 1.82) is 0 Å². The average molecular weight is 163 g/mol. The summed E-state index contributed by atoms with van der Waals surface area (Å²) in [4.78, 5) is 0. The summed E-state index contributed by atoms with van der Waals surface area (Å²) in [5.74, 6) is 0. The van der Waals surface area contributed by atoms with Gasteiger partial charge in [-0.3, -0.25) is 4.74 Å². The van der Waals surface area contributed by atoms with Gasteiger partial charge in [0.2, 0.25) is 0 Å². The van der Waals surface area contributed by atoms with Gasteiger partial charge in [-0.2, -0.15) is 0 Å². The summed E-state index contributed by atoms with van der Waals surface area (Å²) >= 11 is 0. The zero-order valence-corrected chi connectivity index (χ0v) is 5.51. The van der Waals surface area contributed by atoms with Crippen LogP contribution >= 0.6 is 0 Å². The van der Waals surface area contributed by atoms with Crippen molar-refractivity contribution in [2.24, 2.45) is 0 Å². The average Bonchev–Trinajstić information content (AvgIpc) is 1.85. The van der Waals surface area contributed by atoms with Gasteiger partial charge in [0.25, 0.3) is 0 Å². The maximum Gasteiger partial charge on any atom is 0.524 e. The van der Waals surface area contributed by atoms with Crippen LogP contribution in [0.15, 0.2) is 24.3 Å². The van der Waals surface area contributed by atoms with Crippen LogP contribution in [0.25, 0.3) is 0 Å². The molecule has 60 valence electrons. The van der Waals surface area contributed by atoms with Gasteiger partial charge < -0.3 is 0 Å². The molecular weight excluding hydrogens is 157 g/mol. The first-order chi connectivity index (χ1) is 5.08. The van der Waals surface area contributed by atoms with E-state index in [0.29, 0.717) is 0 Å². The van der Waals surface area contributed by atoms with Crippen molar-refractivity contribution >= 4 is 0 Å². The summed E-state index contributed by atoms with van der Waals surface area (Å²) < 4.78 is 38.3. The molecule has 0 aliphatic heterocycles. The van der Waals surface area contributed by atoms with Crippen LogP contribution in [0.5, 0.6) is 0 Å². The highest BCUT2D eigenvalue weighted by atomic mass is 19.4. The number of hydrogen-bond donors (Lipinski definition) is 0. The molecule has 0 amide bonds. The second-order valence-electron chi connectivity index (χ2n) is 1.99. The Bertz CT molecular complexity index is 181. The van der Waals surface area contributed by atoms with Crippen LogP contribution in [0.4, 0.5) is 13.2 Å². The Labute approximate surface area is 62.2 Å². The third kappa shape index (κ3) is 3.13. The van der Waals surface area contributed by atoms with Gasteiger partial charge >= 0.3 is 6.36 Å². The predicted molar refractivity (Wildman–Crippen MR) is 33.5 cm³/mol. The van der Waals surface area contributed by atoms with E-state index in [2.05, 4.69) is 4.74 Å². The molecule has 1 atom stereocenters. The Morgan fingerprint density at radius 2 is 2.00 bits per heavy atom. The number of ether oxygens (including phenoxy) is 1. The third-order valence-electron chi connectivity index (χ3n) is 1.09. The van der Waals surface area contributed by atoms with Crippen molar-refractivity contribution in [3.8, 4) is 0 Å². The van der Waals surface area contributed by atoms with E-state index in [1.54, 1.807) is 6.08 Å². The normalized spacial score (nSPS) is 23.4. The Kier molecular flexibility index (Phi) is 2.24. The highest BCUT2D eigenvalue weighted by Crippen LogP contribution is 2.21. The van der Waals surface area contributed by atoms with E-state index in [9.17, 15) is 13.2 Å². The molecule has 0 N–H and O–H groups in total. The molecule has 1 aliphatic carbocycles. The Morgan fingerprint density at radius 3 is 2.45 bits per heavy atom. The first-order valence-electron chi connectivity index (χ1n) is 3.01. The highest BCUT2D eigenvalue weighted by Gasteiger charge is 2.34. The predicted octanol–water partition coefficient (Wildman–Crippen LogP) is 2.22. The number of hydrogen-bond acceptors (Lipinski definition) is 1. The molecule has 0 heterocycles. The summed E-state index contributed by atoms with van der Waals surface area (Å²) in [6.07, 6.45) is 1.78. The molecule has 0 radical (unpaired) electrons. The van der Waals surface area contributed by atoms with Crippen molar-refractivity contribution in [3.63, 3.8) is 0 Å². The smallest absolute Gasteiger partial charge is 0.261 e. The number of alkyl halides is 3. The molecule has 0 aromatic carbocycles.